The molecule has 0 fully saturated rings. The molecular weight excluding hydrogens is 86.1 g/mol. The van der Waals surface area contributed by atoms with Crippen molar-refractivity contribution in [3.05, 3.63) is 13.8 Å². The van der Waals surface area contributed by atoms with Gasteiger partial charge in [0, 0.05) is 0 Å². The van der Waals surface area contributed by atoms with Crippen molar-refractivity contribution < 1.29 is 0 Å². The van der Waals surface area contributed by atoms with Crippen molar-refractivity contribution in [1.29, 1.82) is 0 Å². The minimum atomic E-state index is 0.972. The van der Waals surface area contributed by atoms with Crippen LogP contribution in [0.25, 0.3) is 0 Å². The second-order valence-electron chi connectivity index (χ2n) is 1.46. The molecule has 0 amide bonds. The molecule has 0 saturated carbocycles. The van der Waals surface area contributed by atoms with Crippen molar-refractivity contribution in [2.45, 2.75) is 12.8 Å². The summed E-state index contributed by atoms with van der Waals surface area (Å²) in [6.07, 6.45) is 1.94. The molecule has 0 bridgehead atoms. The first-order chi connectivity index (χ1) is 3.41. The van der Waals surface area contributed by atoms with Crippen LogP contribution >= 0.6 is 0 Å². The van der Waals surface area contributed by atoms with Gasteiger partial charge in [-0.25, -0.2) is 0 Å². The van der Waals surface area contributed by atoms with E-state index in [0.29, 0.717) is 0 Å². The van der Waals surface area contributed by atoms with Crippen molar-refractivity contribution in [2.24, 2.45) is 0 Å². The van der Waals surface area contributed by atoms with E-state index in [-0.39, 0.29) is 0 Å². The van der Waals surface area contributed by atoms with Crippen molar-refractivity contribution >= 4 is 0 Å². The Morgan fingerprint density at radius 1 is 1.00 bits per heavy atom. The number of rotatable bonds is 4. The Morgan fingerprint density at radius 3 is 1.71 bits per heavy atom. The molecule has 0 rings (SSSR count). The van der Waals surface area contributed by atoms with Crippen molar-refractivity contribution in [3.63, 3.8) is 0 Å². The molecule has 0 aromatic carbocycles. The summed E-state index contributed by atoms with van der Waals surface area (Å²) in [6, 6.07) is 0. The predicted molar refractivity (Wildman–Crippen MR) is 32.8 cm³/mol. The average molecular weight is 99.2 g/mol. The van der Waals surface area contributed by atoms with Gasteiger partial charge in [0.1, 0.15) is 0 Å². The van der Waals surface area contributed by atoms with Crippen LogP contribution in [0.4, 0.5) is 0 Å². The third kappa shape index (κ3) is 5.96. The zero-order chi connectivity index (χ0) is 5.54. The smallest absolute Gasteiger partial charge is 0.00489 e. The molecule has 0 aliphatic carbocycles. The molecule has 0 unspecified atom stereocenters. The van der Waals surface area contributed by atoms with Crippen LogP contribution in [0.5, 0.6) is 0 Å². The Morgan fingerprint density at radius 2 is 1.43 bits per heavy atom. The first-order valence-electron chi connectivity index (χ1n) is 2.71. The van der Waals surface area contributed by atoms with Crippen LogP contribution in [0.1, 0.15) is 12.8 Å². The van der Waals surface area contributed by atoms with Crippen LogP contribution in [0.3, 0.4) is 0 Å². The summed E-state index contributed by atoms with van der Waals surface area (Å²) in [5.41, 5.74) is 0. The van der Waals surface area contributed by atoms with Crippen molar-refractivity contribution in [2.75, 3.05) is 13.1 Å². The maximum absolute atomic E-state index is 3.67. The van der Waals surface area contributed by atoms with E-state index in [9.17, 15) is 0 Å². The summed E-state index contributed by atoms with van der Waals surface area (Å²) in [7, 11) is 0. The fourth-order valence-corrected chi connectivity index (χ4v) is 0.375. The van der Waals surface area contributed by atoms with Gasteiger partial charge in [0.15, 0.2) is 0 Å². The Labute approximate surface area is 46.1 Å². The molecular formula is C6H13N. The van der Waals surface area contributed by atoms with Gasteiger partial charge >= 0.3 is 0 Å². The third-order valence-electron chi connectivity index (χ3n) is 0.707. The Kier molecular flexibility index (Phi) is 5.93. The fourth-order valence-electron chi connectivity index (χ4n) is 0.375. The van der Waals surface area contributed by atoms with Crippen LogP contribution in [-0.2, 0) is 0 Å². The van der Waals surface area contributed by atoms with Crippen LogP contribution < -0.4 is 5.32 Å². The third-order valence-corrected chi connectivity index (χ3v) is 0.707. The van der Waals surface area contributed by atoms with E-state index in [0.717, 1.165) is 25.9 Å². The second kappa shape index (κ2) is 5.96. The van der Waals surface area contributed by atoms with Crippen LogP contribution in [-0.4, -0.2) is 13.1 Å². The lowest BCUT2D eigenvalue weighted by molar-refractivity contribution is 0.695. The molecule has 1 N–H and O–H groups in total. The molecule has 1 heteroatoms. The summed E-state index contributed by atoms with van der Waals surface area (Å²) < 4.78 is 0. The van der Waals surface area contributed by atoms with Crippen LogP contribution in [0.2, 0.25) is 0 Å². The Hall–Kier alpha value is -0.0400. The SMILES string of the molecule is [CH2]CCNCC[CH2]. The number of hydrogen-bond donors (Lipinski definition) is 1. The topological polar surface area (TPSA) is 12.0 Å². The fraction of sp³-hybridized carbons (Fsp3) is 0.667. The monoisotopic (exact) mass is 99.1 g/mol. The van der Waals surface area contributed by atoms with E-state index >= 15 is 0 Å². The van der Waals surface area contributed by atoms with Crippen molar-refractivity contribution in [1.82, 2.24) is 5.32 Å². The van der Waals surface area contributed by atoms with Crippen LogP contribution in [0.15, 0.2) is 0 Å². The van der Waals surface area contributed by atoms with Gasteiger partial charge in [0.05, 0.1) is 0 Å². The lowest BCUT2D eigenvalue weighted by atomic mass is 10.4. The Bertz CT molecular complexity index is 23.4. The standard InChI is InChI=1S/C6H13N/c1-3-5-7-6-4-2/h7H,1-6H2. The van der Waals surface area contributed by atoms with Crippen molar-refractivity contribution in [3.8, 4) is 0 Å². The maximum atomic E-state index is 3.67. The van der Waals surface area contributed by atoms with E-state index in [1.165, 1.54) is 0 Å². The summed E-state index contributed by atoms with van der Waals surface area (Å²) in [4.78, 5) is 0. The summed E-state index contributed by atoms with van der Waals surface area (Å²) in [6.45, 7) is 9.40. The van der Waals surface area contributed by atoms with Gasteiger partial charge in [-0.3, -0.25) is 0 Å². The minimum absolute atomic E-state index is 0.972. The molecule has 0 atom stereocenters. The first-order valence-corrected chi connectivity index (χ1v) is 2.71. The summed E-state index contributed by atoms with van der Waals surface area (Å²) in [5.74, 6) is 0. The van der Waals surface area contributed by atoms with Gasteiger partial charge in [0.25, 0.3) is 0 Å². The maximum Gasteiger partial charge on any atom is -0.00489 e. The number of nitrogens with one attached hydrogen (secondary N) is 1. The average Bonchev–Trinajstić information content (AvgIpc) is 1.69. The first kappa shape index (κ1) is 6.96. The van der Waals surface area contributed by atoms with Gasteiger partial charge in [-0.05, 0) is 25.9 Å². The number of hydrogen-bond acceptors (Lipinski definition) is 1. The highest BCUT2D eigenvalue weighted by Crippen LogP contribution is 1.70. The van der Waals surface area contributed by atoms with E-state index in [1.807, 2.05) is 0 Å². The van der Waals surface area contributed by atoms with E-state index in [1.54, 1.807) is 0 Å². The molecule has 2 radical (unpaired) electrons. The van der Waals surface area contributed by atoms with E-state index in [2.05, 4.69) is 19.2 Å². The van der Waals surface area contributed by atoms with Gasteiger partial charge in [-0.2, -0.15) is 0 Å². The molecule has 0 aliphatic rings. The largest absolute Gasteiger partial charge is 0.317 e. The molecule has 42 valence electrons. The lowest BCUT2D eigenvalue weighted by Gasteiger charge is -1.95. The highest BCUT2D eigenvalue weighted by Gasteiger charge is 1.76. The highest BCUT2D eigenvalue weighted by atomic mass is 14.8. The van der Waals surface area contributed by atoms with Gasteiger partial charge in [-0.1, -0.05) is 13.8 Å². The summed E-state index contributed by atoms with van der Waals surface area (Å²) in [5, 5.41) is 3.16. The lowest BCUT2D eigenvalue weighted by Crippen LogP contribution is -2.14. The minimum Gasteiger partial charge on any atom is -0.317 e. The molecule has 7 heavy (non-hydrogen) atoms. The van der Waals surface area contributed by atoms with Gasteiger partial charge in [-0.15, -0.1) is 0 Å². The molecule has 1 nitrogen and oxygen atoms in total. The quantitative estimate of drug-likeness (QED) is 0.519. The zero-order valence-electron chi connectivity index (χ0n) is 4.74. The molecule has 0 saturated heterocycles. The molecule has 0 aromatic rings. The summed E-state index contributed by atoms with van der Waals surface area (Å²) >= 11 is 0. The zero-order valence-corrected chi connectivity index (χ0v) is 4.74. The van der Waals surface area contributed by atoms with Gasteiger partial charge in [0.2, 0.25) is 0 Å². The van der Waals surface area contributed by atoms with E-state index in [4.69, 9.17) is 0 Å². The Balaban J connectivity index is 2.45. The molecule has 0 spiro atoms. The van der Waals surface area contributed by atoms with Gasteiger partial charge < -0.3 is 5.32 Å². The van der Waals surface area contributed by atoms with E-state index < -0.39 is 0 Å². The normalized spacial score (nSPS) is 9.43. The molecule has 0 aromatic heterocycles. The van der Waals surface area contributed by atoms with Crippen LogP contribution in [0, 0.1) is 13.8 Å². The predicted octanol–water partition coefficient (Wildman–Crippen LogP) is 1.02. The molecule has 0 heterocycles. The highest BCUT2D eigenvalue weighted by molar-refractivity contribution is 4.48. The molecule has 0 aliphatic heterocycles. The second-order valence-corrected chi connectivity index (χ2v) is 1.46.